The minimum atomic E-state index is -1.50. The van der Waals surface area contributed by atoms with E-state index in [1.165, 1.54) is 0 Å². The van der Waals surface area contributed by atoms with Gasteiger partial charge in [0.25, 0.3) is 5.91 Å². The largest absolute Gasteiger partial charge is 0.462 e. The highest BCUT2D eigenvalue weighted by molar-refractivity contribution is 7.12. The molecule has 0 radical (unpaired) electrons. The number of nitrogens with one attached hydrogen (secondary N) is 2. The van der Waals surface area contributed by atoms with E-state index in [0.29, 0.717) is 11.3 Å². The summed E-state index contributed by atoms with van der Waals surface area (Å²) in [7, 11) is 0. The lowest BCUT2D eigenvalue weighted by Crippen LogP contribution is -2.51. The first-order valence-electron chi connectivity index (χ1n) is 8.64. The van der Waals surface area contributed by atoms with E-state index in [0.717, 1.165) is 4.57 Å². The van der Waals surface area contributed by atoms with E-state index in [2.05, 4.69) is 10.6 Å². The summed E-state index contributed by atoms with van der Waals surface area (Å²) < 4.78 is 11.7. The van der Waals surface area contributed by atoms with Crippen molar-refractivity contribution in [2.24, 2.45) is 17.4 Å². The summed E-state index contributed by atoms with van der Waals surface area (Å²) in [5.41, 5.74) is 11.4. The Morgan fingerprint density at radius 3 is 2.64 bits per heavy atom. The van der Waals surface area contributed by atoms with Gasteiger partial charge in [0.2, 0.25) is 0 Å². The third kappa shape index (κ3) is 3.64. The van der Waals surface area contributed by atoms with Crippen LogP contribution >= 0.6 is 11.3 Å². The number of aliphatic hydroxyl groups excluding tert-OH is 2. The molecule has 156 valence electrons. The molecule has 0 saturated carbocycles. The van der Waals surface area contributed by atoms with Crippen LogP contribution in [0.2, 0.25) is 0 Å². The van der Waals surface area contributed by atoms with Crippen LogP contribution < -0.4 is 27.0 Å². The zero-order chi connectivity index (χ0) is 20.7. The van der Waals surface area contributed by atoms with Crippen molar-refractivity contribution in [3.63, 3.8) is 0 Å². The standard InChI is InChI=1S/C15H23N5O7S/c1-4(2)6(16)13(24)26-3-5-7(21)8(22)12(27-5)20-10-9(28-15(20)25)11(23)19-14(17)18-10/h4-8,12,14,18,21-22H,3,16-17H2,1-2H3,(H,19,23)/t5-,6+,7-,8-,12-,14?/m1/s1. The molecule has 28 heavy (non-hydrogen) atoms. The van der Waals surface area contributed by atoms with E-state index in [9.17, 15) is 24.6 Å². The minimum Gasteiger partial charge on any atom is -0.462 e. The second-order valence-corrected chi connectivity index (χ2v) is 7.92. The number of fused-ring (bicyclic) bond motifs is 1. The Labute approximate surface area is 163 Å². The summed E-state index contributed by atoms with van der Waals surface area (Å²) in [6, 6.07) is -0.838. The van der Waals surface area contributed by atoms with Crippen LogP contribution in [0.15, 0.2) is 4.79 Å². The number of hydrogen-bond donors (Lipinski definition) is 6. The predicted octanol–water partition coefficient (Wildman–Crippen LogP) is -2.55. The Morgan fingerprint density at radius 2 is 2.00 bits per heavy atom. The maximum atomic E-state index is 12.4. The second-order valence-electron chi connectivity index (χ2n) is 6.96. The van der Waals surface area contributed by atoms with Gasteiger partial charge in [0.05, 0.1) is 0 Å². The third-order valence-electron chi connectivity index (χ3n) is 4.60. The number of aliphatic hydroxyl groups is 2. The maximum absolute atomic E-state index is 12.4. The van der Waals surface area contributed by atoms with Crippen LogP contribution in [0.1, 0.15) is 29.7 Å². The molecule has 1 fully saturated rings. The van der Waals surface area contributed by atoms with Crippen LogP contribution in [-0.2, 0) is 14.3 Å². The smallest absolute Gasteiger partial charge is 0.323 e. The van der Waals surface area contributed by atoms with Crippen LogP contribution in [0.3, 0.4) is 0 Å². The predicted molar refractivity (Wildman–Crippen MR) is 97.3 cm³/mol. The maximum Gasteiger partial charge on any atom is 0.323 e. The lowest BCUT2D eigenvalue weighted by atomic mass is 10.1. The van der Waals surface area contributed by atoms with E-state index >= 15 is 0 Å². The van der Waals surface area contributed by atoms with Gasteiger partial charge >= 0.3 is 10.8 Å². The number of aromatic nitrogens is 1. The van der Waals surface area contributed by atoms with Crippen LogP contribution in [0.25, 0.3) is 0 Å². The first-order valence-corrected chi connectivity index (χ1v) is 9.45. The minimum absolute atomic E-state index is 0.0785. The van der Waals surface area contributed by atoms with Crippen molar-refractivity contribution in [2.45, 2.75) is 50.7 Å². The number of carbonyl (C=O) groups is 2. The molecule has 2 aliphatic rings. The van der Waals surface area contributed by atoms with E-state index in [1.807, 2.05) is 0 Å². The van der Waals surface area contributed by atoms with Gasteiger partial charge in [-0.05, 0) is 5.92 Å². The van der Waals surface area contributed by atoms with Gasteiger partial charge in [0.1, 0.15) is 41.7 Å². The summed E-state index contributed by atoms with van der Waals surface area (Å²) in [5, 5.41) is 25.8. The van der Waals surface area contributed by atoms with Crippen molar-refractivity contribution in [1.29, 1.82) is 0 Å². The molecule has 1 aromatic rings. The fourth-order valence-electron chi connectivity index (χ4n) is 2.91. The summed E-state index contributed by atoms with van der Waals surface area (Å²) >= 11 is 0.646. The van der Waals surface area contributed by atoms with Gasteiger partial charge in [-0.3, -0.25) is 24.7 Å². The molecule has 2 aliphatic heterocycles. The average molecular weight is 417 g/mol. The Morgan fingerprint density at radius 1 is 1.32 bits per heavy atom. The molecule has 1 unspecified atom stereocenters. The number of thiazole rings is 1. The van der Waals surface area contributed by atoms with Gasteiger partial charge in [0.15, 0.2) is 12.5 Å². The van der Waals surface area contributed by atoms with Gasteiger partial charge in [-0.15, -0.1) is 0 Å². The molecule has 8 N–H and O–H groups in total. The quantitative estimate of drug-likeness (QED) is 0.278. The van der Waals surface area contributed by atoms with Gasteiger partial charge in [-0.2, -0.15) is 0 Å². The topological polar surface area (TPSA) is 191 Å². The number of amides is 1. The summed E-state index contributed by atoms with van der Waals surface area (Å²) in [4.78, 5) is 35.8. The number of nitrogens with two attached hydrogens (primary N) is 2. The molecule has 3 heterocycles. The monoisotopic (exact) mass is 417 g/mol. The van der Waals surface area contributed by atoms with E-state index in [-0.39, 0.29) is 23.2 Å². The van der Waals surface area contributed by atoms with E-state index < -0.39 is 53.6 Å². The molecule has 6 atom stereocenters. The van der Waals surface area contributed by atoms with E-state index in [4.69, 9.17) is 20.9 Å². The number of nitrogens with zero attached hydrogens (tertiary/aromatic N) is 1. The van der Waals surface area contributed by atoms with Crippen LogP contribution in [0.4, 0.5) is 5.82 Å². The molecule has 0 aromatic carbocycles. The molecular formula is C15H23N5O7S. The number of rotatable bonds is 5. The van der Waals surface area contributed by atoms with Crippen molar-refractivity contribution >= 4 is 29.0 Å². The normalized spacial score (nSPS) is 30.5. The molecule has 3 rings (SSSR count). The Kier molecular flexibility index (Phi) is 5.74. The number of ether oxygens (including phenoxy) is 2. The van der Waals surface area contributed by atoms with Crippen molar-refractivity contribution in [3.8, 4) is 0 Å². The first kappa shape index (κ1) is 20.7. The van der Waals surface area contributed by atoms with Crippen molar-refractivity contribution in [1.82, 2.24) is 9.88 Å². The molecule has 0 spiro atoms. The Bertz CT molecular complexity index is 824. The Hall–Kier alpha value is -2.03. The number of carbonyl (C=O) groups excluding carboxylic acids is 2. The Balaban J connectivity index is 1.78. The van der Waals surface area contributed by atoms with Crippen LogP contribution in [0, 0.1) is 5.92 Å². The van der Waals surface area contributed by atoms with E-state index in [1.54, 1.807) is 13.8 Å². The lowest BCUT2D eigenvalue weighted by molar-refractivity contribution is -0.152. The third-order valence-corrected chi connectivity index (χ3v) is 5.55. The average Bonchev–Trinajstić information content (AvgIpc) is 3.09. The highest BCUT2D eigenvalue weighted by Gasteiger charge is 2.47. The van der Waals surface area contributed by atoms with Crippen molar-refractivity contribution in [3.05, 3.63) is 14.5 Å². The first-order chi connectivity index (χ1) is 13.1. The molecule has 12 nitrogen and oxygen atoms in total. The molecule has 1 amide bonds. The van der Waals surface area contributed by atoms with Crippen molar-refractivity contribution < 1.29 is 29.3 Å². The van der Waals surface area contributed by atoms with Crippen LogP contribution in [0.5, 0.6) is 0 Å². The number of anilines is 1. The highest BCUT2D eigenvalue weighted by Crippen LogP contribution is 2.34. The molecule has 1 saturated heterocycles. The van der Waals surface area contributed by atoms with Crippen LogP contribution in [-0.4, -0.2) is 63.9 Å². The zero-order valence-corrected chi connectivity index (χ0v) is 16.0. The molecule has 0 aliphatic carbocycles. The molecule has 1 aromatic heterocycles. The number of hydrogen-bond acceptors (Lipinski definition) is 11. The van der Waals surface area contributed by atoms with Crippen molar-refractivity contribution in [2.75, 3.05) is 11.9 Å². The van der Waals surface area contributed by atoms with Gasteiger partial charge in [-0.1, -0.05) is 25.2 Å². The van der Waals surface area contributed by atoms with Gasteiger partial charge in [0, 0.05) is 0 Å². The second kappa shape index (κ2) is 7.77. The summed E-state index contributed by atoms with van der Waals surface area (Å²) in [5.74, 6) is -1.26. The molecular weight excluding hydrogens is 394 g/mol. The fourth-order valence-corrected chi connectivity index (χ4v) is 3.78. The fraction of sp³-hybridized carbons (Fsp3) is 0.667. The lowest BCUT2D eigenvalue weighted by Gasteiger charge is -2.25. The molecule has 0 bridgehead atoms. The SMILES string of the molecule is CC(C)[C@H](N)C(=O)OC[C@H]1O[C@@H](n2c3c(sc2=O)C(=O)NC(N)N3)[C@H](O)[C@@H]1O. The van der Waals surface area contributed by atoms with Gasteiger partial charge < -0.3 is 36.1 Å². The molecule has 13 heteroatoms. The highest BCUT2D eigenvalue weighted by atomic mass is 32.1. The summed E-state index contributed by atoms with van der Waals surface area (Å²) in [6.45, 7) is 3.15. The van der Waals surface area contributed by atoms with Gasteiger partial charge in [-0.25, -0.2) is 0 Å². The zero-order valence-electron chi connectivity index (χ0n) is 15.2. The summed E-state index contributed by atoms with van der Waals surface area (Å²) in [6.07, 6.45) is -6.24. The number of esters is 1.